The van der Waals surface area contributed by atoms with Crippen molar-refractivity contribution in [1.29, 1.82) is 0 Å². The fourth-order valence-corrected chi connectivity index (χ4v) is 6.63. The van der Waals surface area contributed by atoms with Gasteiger partial charge in [-0.2, -0.15) is 0 Å². The van der Waals surface area contributed by atoms with Crippen molar-refractivity contribution in [3.05, 3.63) is 119 Å². The van der Waals surface area contributed by atoms with Gasteiger partial charge in [-0.15, -0.1) is 10.2 Å². The zero-order valence-electron chi connectivity index (χ0n) is 20.1. The van der Waals surface area contributed by atoms with Crippen LogP contribution in [0.25, 0.3) is 5.65 Å². The van der Waals surface area contributed by atoms with E-state index in [0.717, 1.165) is 22.6 Å². The molecule has 2 aromatic heterocycles. The minimum Gasteiger partial charge on any atom is -0.322 e. The second-order valence-corrected chi connectivity index (χ2v) is 11.2. The van der Waals surface area contributed by atoms with Crippen LogP contribution in [0.4, 0.5) is 11.4 Å². The molecule has 0 atom stereocenters. The number of anilines is 2. The molecule has 0 fully saturated rings. The monoisotopic (exact) mass is 543 g/mol. The number of halogens is 1. The third-order valence-corrected chi connectivity index (χ3v) is 8.86. The van der Waals surface area contributed by atoms with Gasteiger partial charge in [0.25, 0.3) is 15.9 Å². The maximum absolute atomic E-state index is 13.5. The molecule has 1 aliphatic heterocycles. The largest absolute Gasteiger partial charge is 0.322 e. The van der Waals surface area contributed by atoms with Crippen LogP contribution in [0.2, 0.25) is 5.02 Å². The molecule has 10 heteroatoms. The van der Waals surface area contributed by atoms with E-state index in [0.29, 0.717) is 30.8 Å². The zero-order valence-corrected chi connectivity index (χ0v) is 21.7. The van der Waals surface area contributed by atoms with Gasteiger partial charge in [0.15, 0.2) is 5.65 Å². The topological polar surface area (TPSA) is 96.7 Å². The number of pyridine rings is 1. The Morgan fingerprint density at radius 3 is 2.58 bits per heavy atom. The molecule has 3 heterocycles. The van der Waals surface area contributed by atoms with Crippen LogP contribution in [0.3, 0.4) is 0 Å². The summed E-state index contributed by atoms with van der Waals surface area (Å²) >= 11 is 6.31. The van der Waals surface area contributed by atoms with Crippen LogP contribution in [-0.2, 0) is 22.9 Å². The minimum atomic E-state index is -3.95. The third-order valence-electron chi connectivity index (χ3n) is 6.56. The predicted octanol–water partition coefficient (Wildman–Crippen LogP) is 4.98. The normalized spacial score (nSPS) is 13.0. The number of amides is 1. The van der Waals surface area contributed by atoms with E-state index in [2.05, 4.69) is 15.5 Å². The van der Waals surface area contributed by atoms with E-state index in [1.807, 2.05) is 53.1 Å². The molecule has 5 aromatic rings. The van der Waals surface area contributed by atoms with E-state index in [1.165, 1.54) is 22.5 Å². The van der Waals surface area contributed by atoms with Crippen molar-refractivity contribution in [3.63, 3.8) is 0 Å². The molecule has 0 saturated carbocycles. The molecule has 1 amide bonds. The highest BCUT2D eigenvalue weighted by Gasteiger charge is 2.32. The van der Waals surface area contributed by atoms with Gasteiger partial charge in [-0.05, 0) is 66.1 Å². The number of para-hydroxylation sites is 1. The number of carbonyl (C=O) groups excluding carboxylic acids is 1. The van der Waals surface area contributed by atoms with Crippen LogP contribution >= 0.6 is 11.6 Å². The van der Waals surface area contributed by atoms with Gasteiger partial charge in [0.05, 0.1) is 10.7 Å². The molecule has 38 heavy (non-hydrogen) atoms. The number of sulfonamides is 1. The Balaban J connectivity index is 1.20. The number of benzene rings is 3. The van der Waals surface area contributed by atoms with E-state index in [1.54, 1.807) is 24.3 Å². The molecular weight excluding hydrogens is 522 g/mol. The van der Waals surface area contributed by atoms with Crippen molar-refractivity contribution in [2.45, 2.75) is 17.7 Å². The lowest BCUT2D eigenvalue weighted by molar-refractivity contribution is 0.102. The van der Waals surface area contributed by atoms with Gasteiger partial charge >= 0.3 is 0 Å². The fourth-order valence-electron chi connectivity index (χ4n) is 4.62. The van der Waals surface area contributed by atoms with E-state index >= 15 is 0 Å². The Bertz CT molecular complexity index is 1780. The molecule has 0 spiro atoms. The number of nitrogens with one attached hydrogen (secondary N) is 1. The molecule has 1 aliphatic rings. The summed E-state index contributed by atoms with van der Waals surface area (Å²) in [6.45, 7) is 0.325. The van der Waals surface area contributed by atoms with Crippen LogP contribution in [-0.4, -0.2) is 35.5 Å². The molecule has 190 valence electrons. The average Bonchev–Trinajstić information content (AvgIpc) is 3.55. The van der Waals surface area contributed by atoms with Gasteiger partial charge in [0, 0.05) is 30.4 Å². The van der Waals surface area contributed by atoms with Crippen molar-refractivity contribution in [1.82, 2.24) is 14.6 Å². The first-order valence-corrected chi connectivity index (χ1v) is 13.8. The maximum Gasteiger partial charge on any atom is 0.265 e. The summed E-state index contributed by atoms with van der Waals surface area (Å²) in [4.78, 5) is 12.9. The molecule has 0 bridgehead atoms. The van der Waals surface area contributed by atoms with Gasteiger partial charge in [0.2, 0.25) is 0 Å². The van der Waals surface area contributed by atoms with Crippen LogP contribution in [0, 0.1) is 0 Å². The highest BCUT2D eigenvalue weighted by Crippen LogP contribution is 2.35. The minimum absolute atomic E-state index is 0.0660. The summed E-state index contributed by atoms with van der Waals surface area (Å²) in [6.07, 6.45) is 3.12. The van der Waals surface area contributed by atoms with Crippen molar-refractivity contribution in [2.75, 3.05) is 16.2 Å². The van der Waals surface area contributed by atoms with Crippen molar-refractivity contribution in [3.8, 4) is 0 Å². The Hall–Kier alpha value is -4.21. The number of carbonyl (C=O) groups is 1. The van der Waals surface area contributed by atoms with E-state index < -0.39 is 15.9 Å². The quantitative estimate of drug-likeness (QED) is 0.326. The number of rotatable bonds is 6. The number of hydrogen-bond donors (Lipinski definition) is 1. The van der Waals surface area contributed by atoms with E-state index in [4.69, 9.17) is 11.6 Å². The van der Waals surface area contributed by atoms with Gasteiger partial charge in [-0.3, -0.25) is 13.5 Å². The summed E-state index contributed by atoms with van der Waals surface area (Å²) in [5.74, 6) is 0.379. The summed E-state index contributed by atoms with van der Waals surface area (Å²) in [6, 6.07) is 24.8. The molecule has 6 rings (SSSR count). The molecule has 1 N–H and O–H groups in total. The number of aromatic nitrogens is 3. The number of nitrogens with zero attached hydrogens (tertiary/aromatic N) is 4. The summed E-state index contributed by atoms with van der Waals surface area (Å²) < 4.78 is 30.3. The maximum atomic E-state index is 13.5. The lowest BCUT2D eigenvalue weighted by Gasteiger charge is -2.20. The Kier molecular flexibility index (Phi) is 6.09. The Morgan fingerprint density at radius 2 is 1.74 bits per heavy atom. The highest BCUT2D eigenvalue weighted by molar-refractivity contribution is 7.93. The number of fused-ring (bicyclic) bond motifs is 2. The molecule has 0 aliphatic carbocycles. The summed E-state index contributed by atoms with van der Waals surface area (Å²) in [5, 5.41) is 11.3. The SMILES string of the molecule is O=C(Nc1ccc(Cc2nnc3ccccn23)cc1)c1ccc(Cl)c(S(=O)(=O)N2CCc3ccccc32)c1. The predicted molar refractivity (Wildman–Crippen MR) is 146 cm³/mol. The first-order chi connectivity index (χ1) is 18.4. The first-order valence-electron chi connectivity index (χ1n) is 12.0. The molecule has 3 aromatic carbocycles. The van der Waals surface area contributed by atoms with Crippen LogP contribution in [0.15, 0.2) is 96.0 Å². The lowest BCUT2D eigenvalue weighted by atomic mass is 10.1. The Labute approximate surface area is 224 Å². The van der Waals surface area contributed by atoms with Crippen molar-refractivity contribution >= 4 is 44.6 Å². The average molecular weight is 544 g/mol. The van der Waals surface area contributed by atoms with Crippen LogP contribution < -0.4 is 9.62 Å². The number of hydrogen-bond acceptors (Lipinski definition) is 5. The third kappa shape index (κ3) is 4.40. The zero-order chi connectivity index (χ0) is 26.3. The Morgan fingerprint density at radius 1 is 0.947 bits per heavy atom. The standard InChI is InChI=1S/C28H22ClN5O3S/c29-23-13-10-21(18-25(23)38(36,37)34-16-14-20-5-1-2-6-24(20)34)28(35)30-22-11-8-19(9-12-22)17-27-32-31-26-7-3-4-15-33(26)27/h1-13,15,18H,14,16-17H2,(H,30,35). The highest BCUT2D eigenvalue weighted by atomic mass is 35.5. The molecule has 0 unspecified atom stereocenters. The van der Waals surface area contributed by atoms with E-state index in [-0.39, 0.29) is 15.5 Å². The molecule has 0 saturated heterocycles. The first kappa shape index (κ1) is 24.1. The van der Waals surface area contributed by atoms with Crippen molar-refractivity contribution in [2.24, 2.45) is 0 Å². The second-order valence-electron chi connectivity index (χ2n) is 8.97. The van der Waals surface area contributed by atoms with Gasteiger partial charge in [-0.1, -0.05) is 48.0 Å². The lowest BCUT2D eigenvalue weighted by Crippen LogP contribution is -2.29. The summed E-state index contributed by atoms with van der Waals surface area (Å²) in [7, 11) is -3.95. The second kappa shape index (κ2) is 9.59. The van der Waals surface area contributed by atoms with Crippen LogP contribution in [0.1, 0.15) is 27.3 Å². The van der Waals surface area contributed by atoms with E-state index in [9.17, 15) is 13.2 Å². The molecule has 0 radical (unpaired) electrons. The van der Waals surface area contributed by atoms with Crippen molar-refractivity contribution < 1.29 is 13.2 Å². The van der Waals surface area contributed by atoms with Gasteiger partial charge < -0.3 is 5.32 Å². The van der Waals surface area contributed by atoms with Gasteiger partial charge in [0.1, 0.15) is 10.7 Å². The molecule has 8 nitrogen and oxygen atoms in total. The molecular formula is C28H22ClN5O3S. The van der Waals surface area contributed by atoms with Crippen LogP contribution in [0.5, 0.6) is 0 Å². The summed E-state index contributed by atoms with van der Waals surface area (Å²) in [5.41, 5.74) is 4.16. The smallest absolute Gasteiger partial charge is 0.265 e. The fraction of sp³-hybridized carbons (Fsp3) is 0.107. The van der Waals surface area contributed by atoms with Gasteiger partial charge in [-0.25, -0.2) is 8.42 Å².